The van der Waals surface area contributed by atoms with Crippen LogP contribution < -0.4 is 0 Å². The molecule has 0 aliphatic heterocycles. The number of hydrogen-bond acceptors (Lipinski definition) is 0. The van der Waals surface area contributed by atoms with Gasteiger partial charge in [-0.15, -0.1) is 0 Å². The van der Waals surface area contributed by atoms with Crippen molar-refractivity contribution in [1.82, 2.24) is 0 Å². The molecule has 0 aliphatic carbocycles. The lowest BCUT2D eigenvalue weighted by molar-refractivity contribution is 0.457. The summed E-state index contributed by atoms with van der Waals surface area (Å²) in [6.45, 7) is 6.71. The predicted molar refractivity (Wildman–Crippen MR) is 78.1 cm³/mol. The largest absolute Gasteiger partial charge is 0.0837 e. The zero-order valence-electron chi connectivity index (χ0n) is 11.6. The Morgan fingerprint density at radius 1 is 1.12 bits per heavy atom. The SMILES string of the molecule is CCCCC(CC)C/C=C/c1ccc(C)cc1. The second-order valence-corrected chi connectivity index (χ2v) is 4.97. The van der Waals surface area contributed by atoms with Crippen molar-refractivity contribution in [1.29, 1.82) is 0 Å². The highest BCUT2D eigenvalue weighted by molar-refractivity contribution is 5.49. The molecular weight excluding hydrogens is 204 g/mol. The standard InChI is InChI=1S/C17H26/c1-4-6-8-16(5-2)9-7-10-17-13-11-15(3)12-14-17/h7,10-14,16H,4-6,8-9H2,1-3H3/b10-7+. The van der Waals surface area contributed by atoms with Crippen molar-refractivity contribution >= 4 is 6.08 Å². The molecule has 0 fully saturated rings. The Labute approximate surface area is 107 Å². The zero-order chi connectivity index (χ0) is 12.5. The lowest BCUT2D eigenvalue weighted by Crippen LogP contribution is -1.96. The van der Waals surface area contributed by atoms with Gasteiger partial charge in [0.15, 0.2) is 0 Å². The van der Waals surface area contributed by atoms with Gasteiger partial charge in [0.1, 0.15) is 0 Å². The summed E-state index contributed by atoms with van der Waals surface area (Å²) in [5.74, 6) is 0.872. The topological polar surface area (TPSA) is 0 Å². The number of benzene rings is 1. The van der Waals surface area contributed by atoms with Gasteiger partial charge < -0.3 is 0 Å². The van der Waals surface area contributed by atoms with Crippen molar-refractivity contribution in [2.24, 2.45) is 5.92 Å². The third-order valence-electron chi connectivity index (χ3n) is 3.40. The van der Waals surface area contributed by atoms with Gasteiger partial charge in [0.2, 0.25) is 0 Å². The predicted octanol–water partition coefficient (Wildman–Crippen LogP) is 5.61. The smallest absolute Gasteiger partial charge is 0.0260 e. The first kappa shape index (κ1) is 14.0. The molecule has 0 saturated carbocycles. The first-order valence-corrected chi connectivity index (χ1v) is 6.99. The maximum Gasteiger partial charge on any atom is -0.0260 e. The number of unbranched alkanes of at least 4 members (excludes halogenated alkanes) is 1. The summed E-state index contributed by atoms with van der Waals surface area (Å²) in [5.41, 5.74) is 2.65. The summed E-state index contributed by atoms with van der Waals surface area (Å²) in [6.07, 6.45) is 11.2. The van der Waals surface area contributed by atoms with Crippen molar-refractivity contribution in [3.05, 3.63) is 41.5 Å². The van der Waals surface area contributed by atoms with E-state index in [1.165, 1.54) is 43.2 Å². The number of rotatable bonds is 7. The second-order valence-electron chi connectivity index (χ2n) is 4.97. The Kier molecular flexibility index (Phi) is 6.69. The van der Waals surface area contributed by atoms with E-state index < -0.39 is 0 Å². The summed E-state index contributed by atoms with van der Waals surface area (Å²) in [5, 5.41) is 0. The van der Waals surface area contributed by atoms with Crippen LogP contribution in [0, 0.1) is 12.8 Å². The van der Waals surface area contributed by atoms with Gasteiger partial charge in [-0.1, -0.05) is 81.5 Å². The molecule has 17 heavy (non-hydrogen) atoms. The molecule has 0 heterocycles. The minimum absolute atomic E-state index is 0.872. The first-order valence-electron chi connectivity index (χ1n) is 6.99. The minimum atomic E-state index is 0.872. The Hall–Kier alpha value is -1.04. The highest BCUT2D eigenvalue weighted by Gasteiger charge is 2.02. The van der Waals surface area contributed by atoms with Crippen molar-refractivity contribution in [3.8, 4) is 0 Å². The van der Waals surface area contributed by atoms with Crippen LogP contribution in [0.25, 0.3) is 6.08 Å². The van der Waals surface area contributed by atoms with Crippen LogP contribution in [0.15, 0.2) is 30.3 Å². The quantitative estimate of drug-likeness (QED) is 0.570. The van der Waals surface area contributed by atoms with Crippen molar-refractivity contribution in [3.63, 3.8) is 0 Å². The lowest BCUT2D eigenvalue weighted by atomic mass is 9.95. The fraction of sp³-hybridized carbons (Fsp3) is 0.529. The molecule has 0 bridgehead atoms. The third kappa shape index (κ3) is 5.72. The van der Waals surface area contributed by atoms with E-state index in [1.54, 1.807) is 0 Å². The van der Waals surface area contributed by atoms with E-state index in [0.29, 0.717) is 0 Å². The molecule has 0 saturated heterocycles. The van der Waals surface area contributed by atoms with Gasteiger partial charge >= 0.3 is 0 Å². The van der Waals surface area contributed by atoms with E-state index in [1.807, 2.05) is 0 Å². The molecule has 1 rings (SSSR count). The van der Waals surface area contributed by atoms with Gasteiger partial charge in [-0.2, -0.15) is 0 Å². The fourth-order valence-corrected chi connectivity index (χ4v) is 2.06. The van der Waals surface area contributed by atoms with Crippen LogP contribution in [0.4, 0.5) is 0 Å². The highest BCUT2D eigenvalue weighted by atomic mass is 14.1. The molecule has 1 aromatic rings. The molecule has 1 atom stereocenters. The van der Waals surface area contributed by atoms with Crippen molar-refractivity contribution in [2.75, 3.05) is 0 Å². The molecular formula is C17H26. The van der Waals surface area contributed by atoms with Crippen LogP contribution in [0.3, 0.4) is 0 Å². The summed E-state index contributed by atoms with van der Waals surface area (Å²) in [7, 11) is 0. The third-order valence-corrected chi connectivity index (χ3v) is 3.40. The van der Waals surface area contributed by atoms with Crippen LogP contribution in [0.5, 0.6) is 0 Å². The molecule has 0 amide bonds. The monoisotopic (exact) mass is 230 g/mol. The number of aryl methyl sites for hydroxylation is 1. The van der Waals surface area contributed by atoms with E-state index in [2.05, 4.69) is 57.2 Å². The van der Waals surface area contributed by atoms with E-state index >= 15 is 0 Å². The molecule has 0 heteroatoms. The summed E-state index contributed by atoms with van der Waals surface area (Å²) in [4.78, 5) is 0. The lowest BCUT2D eigenvalue weighted by Gasteiger charge is -2.11. The van der Waals surface area contributed by atoms with Crippen molar-refractivity contribution < 1.29 is 0 Å². The minimum Gasteiger partial charge on any atom is -0.0837 e. The average Bonchev–Trinajstić information content (AvgIpc) is 2.36. The average molecular weight is 230 g/mol. The molecule has 0 N–H and O–H groups in total. The second kappa shape index (κ2) is 8.11. The Morgan fingerprint density at radius 2 is 1.82 bits per heavy atom. The first-order chi connectivity index (χ1) is 8.26. The molecule has 0 aliphatic rings. The number of allylic oxidation sites excluding steroid dienone is 1. The van der Waals surface area contributed by atoms with E-state index in [4.69, 9.17) is 0 Å². The molecule has 0 aromatic heterocycles. The molecule has 94 valence electrons. The van der Waals surface area contributed by atoms with Gasteiger partial charge in [0.05, 0.1) is 0 Å². The molecule has 0 radical (unpaired) electrons. The van der Waals surface area contributed by atoms with Crippen LogP contribution in [0.1, 0.15) is 57.1 Å². The maximum absolute atomic E-state index is 2.34. The summed E-state index contributed by atoms with van der Waals surface area (Å²) >= 11 is 0. The van der Waals surface area contributed by atoms with E-state index in [-0.39, 0.29) is 0 Å². The van der Waals surface area contributed by atoms with E-state index in [0.717, 1.165) is 5.92 Å². The van der Waals surface area contributed by atoms with Crippen LogP contribution >= 0.6 is 0 Å². The van der Waals surface area contributed by atoms with Gasteiger partial charge in [-0.25, -0.2) is 0 Å². The van der Waals surface area contributed by atoms with Gasteiger partial charge in [-0.05, 0) is 24.8 Å². The van der Waals surface area contributed by atoms with Gasteiger partial charge in [-0.3, -0.25) is 0 Å². The molecule has 0 nitrogen and oxygen atoms in total. The van der Waals surface area contributed by atoms with Crippen LogP contribution in [-0.4, -0.2) is 0 Å². The van der Waals surface area contributed by atoms with Gasteiger partial charge in [0, 0.05) is 0 Å². The Bertz CT molecular complexity index is 318. The van der Waals surface area contributed by atoms with E-state index in [9.17, 15) is 0 Å². The fourth-order valence-electron chi connectivity index (χ4n) is 2.06. The highest BCUT2D eigenvalue weighted by Crippen LogP contribution is 2.17. The normalized spacial score (nSPS) is 13.1. The van der Waals surface area contributed by atoms with Crippen LogP contribution in [0.2, 0.25) is 0 Å². The molecule has 1 aromatic carbocycles. The van der Waals surface area contributed by atoms with Crippen LogP contribution in [-0.2, 0) is 0 Å². The Morgan fingerprint density at radius 3 is 2.41 bits per heavy atom. The molecule has 0 spiro atoms. The molecule has 1 unspecified atom stereocenters. The summed E-state index contributed by atoms with van der Waals surface area (Å²) < 4.78 is 0. The van der Waals surface area contributed by atoms with Gasteiger partial charge in [0.25, 0.3) is 0 Å². The Balaban J connectivity index is 2.39. The zero-order valence-corrected chi connectivity index (χ0v) is 11.6. The van der Waals surface area contributed by atoms with Crippen molar-refractivity contribution in [2.45, 2.75) is 52.9 Å². The summed E-state index contributed by atoms with van der Waals surface area (Å²) in [6, 6.07) is 8.74. The maximum atomic E-state index is 2.34. The number of hydrogen-bond donors (Lipinski definition) is 0.